The van der Waals surface area contributed by atoms with Gasteiger partial charge in [0.05, 0.1) is 32.5 Å². The van der Waals surface area contributed by atoms with E-state index in [1.165, 1.54) is 0 Å². The zero-order valence-corrected chi connectivity index (χ0v) is 17.0. The van der Waals surface area contributed by atoms with Gasteiger partial charge in [0.2, 0.25) is 0 Å². The number of carbonyl (C=O) groups excluding carboxylic acids is 1. The molecular weight excluding hydrogens is 380 g/mol. The lowest BCUT2D eigenvalue weighted by Crippen LogP contribution is -2.32. The van der Waals surface area contributed by atoms with Crippen molar-refractivity contribution in [3.63, 3.8) is 0 Å². The first-order valence-electron chi connectivity index (χ1n) is 9.24. The molecule has 0 bridgehead atoms. The van der Waals surface area contributed by atoms with Crippen molar-refractivity contribution < 1.29 is 19.0 Å². The fourth-order valence-electron chi connectivity index (χ4n) is 2.31. The Morgan fingerprint density at radius 1 is 1.07 bits per heavy atom. The number of halogens is 1. The van der Waals surface area contributed by atoms with Crippen molar-refractivity contribution in [2.75, 3.05) is 31.7 Å². The highest BCUT2D eigenvalue weighted by atomic mass is 35.5. The lowest BCUT2D eigenvalue weighted by Gasteiger charge is -2.11. The van der Waals surface area contributed by atoms with Crippen LogP contribution in [-0.4, -0.2) is 38.5 Å². The summed E-state index contributed by atoms with van der Waals surface area (Å²) in [6.07, 6.45) is 0.200. The number of benzene rings is 2. The average molecular weight is 407 g/mol. The molecule has 2 amide bonds. The third kappa shape index (κ3) is 9.08. The van der Waals surface area contributed by atoms with Crippen LogP contribution in [0.4, 0.5) is 10.5 Å². The van der Waals surface area contributed by atoms with E-state index < -0.39 is 0 Å². The fraction of sp³-hybridized carbons (Fsp3) is 0.381. The van der Waals surface area contributed by atoms with Crippen LogP contribution < -0.4 is 15.4 Å². The molecule has 0 heterocycles. The second kappa shape index (κ2) is 12.2. The molecule has 0 aliphatic rings. The zero-order valence-electron chi connectivity index (χ0n) is 16.2. The quantitative estimate of drug-likeness (QED) is 0.540. The maximum atomic E-state index is 12.0. The van der Waals surface area contributed by atoms with Gasteiger partial charge < -0.3 is 24.8 Å². The third-order valence-corrected chi connectivity index (χ3v) is 3.85. The van der Waals surface area contributed by atoms with Gasteiger partial charge in [-0.3, -0.25) is 0 Å². The van der Waals surface area contributed by atoms with Crippen LogP contribution in [0.2, 0.25) is 5.02 Å². The van der Waals surface area contributed by atoms with Crippen LogP contribution in [0, 0.1) is 0 Å². The van der Waals surface area contributed by atoms with Gasteiger partial charge in [-0.25, -0.2) is 4.79 Å². The van der Waals surface area contributed by atoms with Gasteiger partial charge in [-0.1, -0.05) is 23.7 Å². The normalized spacial score (nSPS) is 10.7. The molecule has 28 heavy (non-hydrogen) atoms. The molecule has 2 aromatic carbocycles. The van der Waals surface area contributed by atoms with Crippen LogP contribution in [0.15, 0.2) is 48.5 Å². The minimum atomic E-state index is -0.289. The van der Waals surface area contributed by atoms with E-state index in [1.54, 1.807) is 24.3 Å². The van der Waals surface area contributed by atoms with Crippen molar-refractivity contribution >= 4 is 23.3 Å². The SMILES string of the molecule is CC(C)OCCOCc1cccc(NC(=O)NCCOc2ccc(Cl)cc2)c1. The molecule has 0 unspecified atom stereocenters. The van der Waals surface area contributed by atoms with E-state index >= 15 is 0 Å². The molecule has 152 valence electrons. The van der Waals surface area contributed by atoms with Crippen LogP contribution in [0.1, 0.15) is 19.4 Å². The Kier molecular flexibility index (Phi) is 9.62. The number of hydrogen-bond donors (Lipinski definition) is 2. The van der Waals surface area contributed by atoms with E-state index in [2.05, 4.69) is 10.6 Å². The highest BCUT2D eigenvalue weighted by Crippen LogP contribution is 2.15. The summed E-state index contributed by atoms with van der Waals surface area (Å²) in [5.41, 5.74) is 1.68. The van der Waals surface area contributed by atoms with Crippen molar-refractivity contribution in [1.29, 1.82) is 0 Å². The van der Waals surface area contributed by atoms with Crippen LogP contribution in [0.3, 0.4) is 0 Å². The first kappa shape index (κ1) is 22.0. The third-order valence-electron chi connectivity index (χ3n) is 3.60. The van der Waals surface area contributed by atoms with Gasteiger partial charge in [-0.2, -0.15) is 0 Å². The topological polar surface area (TPSA) is 68.8 Å². The summed E-state index contributed by atoms with van der Waals surface area (Å²) in [7, 11) is 0. The summed E-state index contributed by atoms with van der Waals surface area (Å²) in [6.45, 7) is 6.29. The van der Waals surface area contributed by atoms with Crippen molar-refractivity contribution in [2.24, 2.45) is 0 Å². The van der Waals surface area contributed by atoms with Crippen molar-refractivity contribution in [3.05, 3.63) is 59.1 Å². The zero-order chi connectivity index (χ0) is 20.2. The number of urea groups is 1. The molecule has 0 spiro atoms. The number of anilines is 1. The largest absolute Gasteiger partial charge is 0.492 e. The van der Waals surface area contributed by atoms with Crippen molar-refractivity contribution in [2.45, 2.75) is 26.6 Å². The highest BCUT2D eigenvalue weighted by Gasteiger charge is 2.03. The standard InChI is InChI=1S/C21H27ClN2O4/c1-16(2)27-13-12-26-15-17-4-3-5-19(14-17)24-21(25)23-10-11-28-20-8-6-18(22)7-9-20/h3-9,14,16H,10-13,15H2,1-2H3,(H2,23,24,25). The maximum Gasteiger partial charge on any atom is 0.319 e. The highest BCUT2D eigenvalue weighted by molar-refractivity contribution is 6.30. The molecule has 0 fully saturated rings. The molecule has 0 saturated carbocycles. The number of hydrogen-bond acceptors (Lipinski definition) is 4. The Hall–Kier alpha value is -2.28. The molecule has 2 aromatic rings. The predicted octanol–water partition coefficient (Wildman–Crippen LogP) is 4.48. The minimum absolute atomic E-state index is 0.200. The van der Waals surface area contributed by atoms with E-state index in [0.717, 1.165) is 5.56 Å². The van der Waals surface area contributed by atoms with E-state index in [9.17, 15) is 4.79 Å². The van der Waals surface area contributed by atoms with Crippen LogP contribution in [-0.2, 0) is 16.1 Å². The smallest absolute Gasteiger partial charge is 0.319 e. The monoisotopic (exact) mass is 406 g/mol. The molecule has 0 aliphatic carbocycles. The molecule has 2 N–H and O–H groups in total. The Morgan fingerprint density at radius 3 is 2.61 bits per heavy atom. The molecule has 0 aromatic heterocycles. The van der Waals surface area contributed by atoms with Gasteiger partial charge in [-0.15, -0.1) is 0 Å². The summed E-state index contributed by atoms with van der Waals surface area (Å²) in [5.74, 6) is 0.707. The number of ether oxygens (including phenoxy) is 3. The van der Waals surface area contributed by atoms with Crippen LogP contribution >= 0.6 is 11.6 Å². The molecule has 2 rings (SSSR count). The number of carbonyl (C=O) groups is 1. The van der Waals surface area contributed by atoms with E-state index in [-0.39, 0.29) is 12.1 Å². The lowest BCUT2D eigenvalue weighted by molar-refractivity contribution is 0.0143. The molecule has 0 saturated heterocycles. The van der Waals surface area contributed by atoms with Gasteiger partial charge in [0.15, 0.2) is 0 Å². The Morgan fingerprint density at radius 2 is 1.86 bits per heavy atom. The van der Waals surface area contributed by atoms with Crippen molar-refractivity contribution in [1.82, 2.24) is 5.32 Å². The second-order valence-corrected chi connectivity index (χ2v) is 6.79. The summed E-state index contributed by atoms with van der Waals surface area (Å²) in [6, 6.07) is 14.3. The Balaban J connectivity index is 1.65. The van der Waals surface area contributed by atoms with Gasteiger partial charge in [0.1, 0.15) is 12.4 Å². The average Bonchev–Trinajstić information content (AvgIpc) is 2.66. The van der Waals surface area contributed by atoms with E-state index in [1.807, 2.05) is 38.1 Å². The van der Waals surface area contributed by atoms with Crippen LogP contribution in [0.5, 0.6) is 5.75 Å². The van der Waals surface area contributed by atoms with E-state index in [0.29, 0.717) is 49.4 Å². The Bertz CT molecular complexity index is 723. The Labute approximate surface area is 171 Å². The summed E-state index contributed by atoms with van der Waals surface area (Å²) in [5, 5.41) is 6.21. The molecule has 0 radical (unpaired) electrons. The predicted molar refractivity (Wildman–Crippen MR) is 111 cm³/mol. The van der Waals surface area contributed by atoms with Gasteiger partial charge >= 0.3 is 6.03 Å². The first-order valence-corrected chi connectivity index (χ1v) is 9.62. The molecule has 0 atom stereocenters. The number of rotatable bonds is 11. The van der Waals surface area contributed by atoms with Gasteiger partial charge in [0, 0.05) is 10.7 Å². The number of amides is 2. The lowest BCUT2D eigenvalue weighted by atomic mass is 10.2. The summed E-state index contributed by atoms with van der Waals surface area (Å²) in [4.78, 5) is 12.0. The fourth-order valence-corrected chi connectivity index (χ4v) is 2.44. The van der Waals surface area contributed by atoms with Crippen LogP contribution in [0.25, 0.3) is 0 Å². The second-order valence-electron chi connectivity index (χ2n) is 6.36. The summed E-state index contributed by atoms with van der Waals surface area (Å²) >= 11 is 5.82. The van der Waals surface area contributed by atoms with E-state index in [4.69, 9.17) is 25.8 Å². The first-order chi connectivity index (χ1) is 13.5. The molecule has 7 heteroatoms. The maximum absolute atomic E-state index is 12.0. The molecular formula is C21H27ClN2O4. The minimum Gasteiger partial charge on any atom is -0.492 e. The molecule has 6 nitrogen and oxygen atoms in total. The molecule has 0 aliphatic heterocycles. The van der Waals surface area contributed by atoms with Crippen molar-refractivity contribution in [3.8, 4) is 5.75 Å². The van der Waals surface area contributed by atoms with Gasteiger partial charge in [-0.05, 0) is 55.8 Å². The van der Waals surface area contributed by atoms with Gasteiger partial charge in [0.25, 0.3) is 0 Å². The number of nitrogens with one attached hydrogen (secondary N) is 2. The summed E-state index contributed by atoms with van der Waals surface area (Å²) < 4.78 is 16.5.